The lowest BCUT2D eigenvalue weighted by Gasteiger charge is -2.27. The van der Waals surface area contributed by atoms with Crippen molar-refractivity contribution in [3.8, 4) is 11.6 Å². The molecule has 1 aromatic heterocycles. The minimum atomic E-state index is -0.651. The number of aromatic amines is 1. The number of rotatable bonds is 5. The van der Waals surface area contributed by atoms with E-state index in [2.05, 4.69) is 17.2 Å². The highest BCUT2D eigenvalue weighted by atomic mass is 16.3. The lowest BCUT2D eigenvalue weighted by atomic mass is 9.90. The van der Waals surface area contributed by atoms with E-state index in [1.807, 2.05) is 36.4 Å². The number of unbranched alkanes of at least 4 members (excludes halogenated alkanes) is 1. The first kappa shape index (κ1) is 19.2. The zero-order valence-electron chi connectivity index (χ0n) is 16.4. The number of nitrogens with zero attached hydrogens (tertiary/aromatic N) is 1. The lowest BCUT2D eigenvalue weighted by Crippen LogP contribution is -2.38. The van der Waals surface area contributed by atoms with E-state index >= 15 is 0 Å². The van der Waals surface area contributed by atoms with Crippen LogP contribution in [-0.4, -0.2) is 21.2 Å². The molecule has 0 saturated heterocycles. The summed E-state index contributed by atoms with van der Waals surface area (Å²) in [6, 6.07) is 14.9. The maximum absolute atomic E-state index is 12.7. The molecule has 1 atom stereocenters. The number of aromatic nitrogens is 2. The fourth-order valence-corrected chi connectivity index (χ4v) is 3.99. The van der Waals surface area contributed by atoms with Gasteiger partial charge >= 0.3 is 5.69 Å². The summed E-state index contributed by atoms with van der Waals surface area (Å²) in [6.07, 6.45) is 4.03. The molecule has 0 aliphatic carbocycles. The average Bonchev–Trinajstić information content (AvgIpc) is 2.73. The normalized spacial score (nSPS) is 15.8. The van der Waals surface area contributed by atoms with Crippen LogP contribution < -0.4 is 16.6 Å². The fourth-order valence-electron chi connectivity index (χ4n) is 3.99. The predicted octanol–water partition coefficient (Wildman–Crippen LogP) is 2.81. The lowest BCUT2D eigenvalue weighted by molar-refractivity contribution is 0.410. The molecule has 3 aromatic rings. The molecule has 1 aliphatic heterocycles. The molecule has 0 fully saturated rings. The number of aryl methyl sites for hydroxylation is 1. The van der Waals surface area contributed by atoms with Crippen LogP contribution in [0.4, 0.5) is 0 Å². The van der Waals surface area contributed by atoms with Crippen LogP contribution in [0.5, 0.6) is 5.88 Å². The molecular formula is C23H25N3O3. The Kier molecular flexibility index (Phi) is 5.36. The third-order valence-corrected chi connectivity index (χ3v) is 5.53. The van der Waals surface area contributed by atoms with Crippen LogP contribution in [0.3, 0.4) is 0 Å². The van der Waals surface area contributed by atoms with Crippen molar-refractivity contribution >= 4 is 0 Å². The van der Waals surface area contributed by atoms with Crippen molar-refractivity contribution < 1.29 is 5.11 Å². The minimum absolute atomic E-state index is 0.159. The van der Waals surface area contributed by atoms with Crippen LogP contribution in [0.2, 0.25) is 0 Å². The number of fused-ring (bicyclic) bond motifs is 1. The van der Waals surface area contributed by atoms with Crippen molar-refractivity contribution in [2.45, 2.75) is 38.6 Å². The number of benzene rings is 2. The highest BCUT2D eigenvalue weighted by molar-refractivity contribution is 5.45. The number of aromatic hydroxyl groups is 1. The molecule has 0 saturated carbocycles. The summed E-state index contributed by atoms with van der Waals surface area (Å²) < 4.78 is 1.17. The second kappa shape index (κ2) is 8.09. The van der Waals surface area contributed by atoms with Gasteiger partial charge in [-0.1, -0.05) is 49.7 Å². The Balaban J connectivity index is 1.81. The van der Waals surface area contributed by atoms with E-state index < -0.39 is 17.3 Å². The zero-order valence-corrected chi connectivity index (χ0v) is 16.4. The number of H-pyrrole nitrogens is 1. The molecule has 4 rings (SSSR count). The molecule has 150 valence electrons. The van der Waals surface area contributed by atoms with Gasteiger partial charge in [-0.25, -0.2) is 9.36 Å². The number of hydrogen-bond donors (Lipinski definition) is 3. The van der Waals surface area contributed by atoms with Gasteiger partial charge in [0.2, 0.25) is 5.88 Å². The first-order valence-corrected chi connectivity index (χ1v) is 10.1. The molecule has 0 spiro atoms. The molecule has 29 heavy (non-hydrogen) atoms. The van der Waals surface area contributed by atoms with Crippen molar-refractivity contribution in [3.05, 3.63) is 91.6 Å². The second-order valence-electron chi connectivity index (χ2n) is 7.44. The predicted molar refractivity (Wildman–Crippen MR) is 113 cm³/mol. The van der Waals surface area contributed by atoms with Gasteiger partial charge in [0.1, 0.15) is 0 Å². The van der Waals surface area contributed by atoms with Gasteiger partial charge < -0.3 is 10.4 Å². The molecule has 3 N–H and O–H groups in total. The Bertz CT molecular complexity index is 1130. The third kappa shape index (κ3) is 3.63. The van der Waals surface area contributed by atoms with Gasteiger partial charge in [-0.05, 0) is 48.1 Å². The first-order valence-electron chi connectivity index (χ1n) is 10.1. The van der Waals surface area contributed by atoms with Crippen LogP contribution in [-0.2, 0) is 12.8 Å². The maximum atomic E-state index is 12.7. The summed E-state index contributed by atoms with van der Waals surface area (Å²) in [5.74, 6) is -0.325. The summed E-state index contributed by atoms with van der Waals surface area (Å²) in [6.45, 7) is 2.83. The summed E-state index contributed by atoms with van der Waals surface area (Å²) in [4.78, 5) is 27.6. The minimum Gasteiger partial charge on any atom is -0.494 e. The van der Waals surface area contributed by atoms with Gasteiger partial charge in [0, 0.05) is 6.54 Å². The Hall–Kier alpha value is -3.12. The van der Waals surface area contributed by atoms with E-state index in [4.69, 9.17) is 0 Å². The first-order chi connectivity index (χ1) is 14.1. The standard InChI is InChI=1S/C23H25N3O3/c1-2-3-6-15-9-11-17(12-10-15)26-22(28)19(21(27)25-23(26)29)20-18-8-5-4-7-16(18)13-14-24-20/h4-5,7-12,20,24,28H,2-3,6,13-14H2,1H3,(H,25,27,29)/t20-/m1/s1. The molecule has 0 amide bonds. The van der Waals surface area contributed by atoms with Gasteiger partial charge in [0.05, 0.1) is 17.3 Å². The molecule has 1 aliphatic rings. The van der Waals surface area contributed by atoms with Gasteiger partial charge in [-0.15, -0.1) is 0 Å². The van der Waals surface area contributed by atoms with Gasteiger partial charge in [0.15, 0.2) is 0 Å². The van der Waals surface area contributed by atoms with Crippen molar-refractivity contribution in [3.63, 3.8) is 0 Å². The van der Waals surface area contributed by atoms with Crippen LogP contribution in [0.15, 0.2) is 58.1 Å². The fraction of sp³-hybridized carbons (Fsp3) is 0.304. The molecule has 6 heteroatoms. The van der Waals surface area contributed by atoms with Gasteiger partial charge in [-0.2, -0.15) is 0 Å². The van der Waals surface area contributed by atoms with Crippen LogP contribution in [0.25, 0.3) is 5.69 Å². The summed E-state index contributed by atoms with van der Waals surface area (Å²) in [7, 11) is 0. The van der Waals surface area contributed by atoms with Crippen molar-refractivity contribution in [1.82, 2.24) is 14.9 Å². The third-order valence-electron chi connectivity index (χ3n) is 5.53. The molecule has 6 nitrogen and oxygen atoms in total. The summed E-state index contributed by atoms with van der Waals surface area (Å²) >= 11 is 0. The molecule has 2 heterocycles. The quantitative estimate of drug-likeness (QED) is 0.624. The van der Waals surface area contributed by atoms with Crippen LogP contribution >= 0.6 is 0 Å². The van der Waals surface area contributed by atoms with Crippen molar-refractivity contribution in [1.29, 1.82) is 0 Å². The summed E-state index contributed by atoms with van der Waals surface area (Å²) in [5, 5.41) is 14.3. The molecular weight excluding hydrogens is 366 g/mol. The van der Waals surface area contributed by atoms with E-state index in [0.29, 0.717) is 12.2 Å². The Morgan fingerprint density at radius 2 is 1.86 bits per heavy atom. The zero-order chi connectivity index (χ0) is 20.4. The molecule has 2 aromatic carbocycles. The number of nitrogens with one attached hydrogen (secondary N) is 2. The maximum Gasteiger partial charge on any atom is 0.335 e. The van der Waals surface area contributed by atoms with Gasteiger partial charge in [0.25, 0.3) is 5.56 Å². The van der Waals surface area contributed by atoms with Crippen LogP contribution in [0.1, 0.15) is 48.1 Å². The van der Waals surface area contributed by atoms with Gasteiger partial charge in [-0.3, -0.25) is 9.78 Å². The summed E-state index contributed by atoms with van der Waals surface area (Å²) in [5.41, 5.74) is 2.71. The highest BCUT2D eigenvalue weighted by Crippen LogP contribution is 2.31. The van der Waals surface area contributed by atoms with E-state index in [9.17, 15) is 14.7 Å². The highest BCUT2D eigenvalue weighted by Gasteiger charge is 2.28. The Morgan fingerprint density at radius 1 is 1.10 bits per heavy atom. The Labute approximate surface area is 168 Å². The molecule has 0 unspecified atom stereocenters. The second-order valence-corrected chi connectivity index (χ2v) is 7.44. The van der Waals surface area contributed by atoms with E-state index in [-0.39, 0.29) is 11.4 Å². The van der Waals surface area contributed by atoms with E-state index in [1.165, 1.54) is 10.1 Å². The van der Waals surface area contributed by atoms with E-state index in [1.54, 1.807) is 12.1 Å². The molecule has 0 radical (unpaired) electrons. The Morgan fingerprint density at radius 3 is 2.62 bits per heavy atom. The number of hydrogen-bond acceptors (Lipinski definition) is 4. The van der Waals surface area contributed by atoms with E-state index in [0.717, 1.165) is 36.8 Å². The monoisotopic (exact) mass is 391 g/mol. The largest absolute Gasteiger partial charge is 0.494 e. The smallest absolute Gasteiger partial charge is 0.335 e. The SMILES string of the molecule is CCCCc1ccc(-n2c(O)c([C@@H]3NCCc4ccccc43)c(=O)[nH]c2=O)cc1. The topological polar surface area (TPSA) is 87.1 Å². The van der Waals surface area contributed by atoms with Crippen molar-refractivity contribution in [2.24, 2.45) is 0 Å². The average molecular weight is 391 g/mol. The van der Waals surface area contributed by atoms with Crippen molar-refractivity contribution in [2.75, 3.05) is 6.54 Å². The molecule has 0 bridgehead atoms. The van der Waals surface area contributed by atoms with Crippen LogP contribution in [0, 0.1) is 0 Å².